The number of morpholine rings is 1. The third-order valence-corrected chi connectivity index (χ3v) is 7.34. The van der Waals surface area contributed by atoms with Crippen molar-refractivity contribution in [2.75, 3.05) is 51.3 Å². The molecule has 0 bridgehead atoms. The van der Waals surface area contributed by atoms with E-state index in [1.807, 2.05) is 6.07 Å². The lowest BCUT2D eigenvalue weighted by atomic mass is 9.81. The van der Waals surface area contributed by atoms with Gasteiger partial charge in [0.2, 0.25) is 5.78 Å². The average Bonchev–Trinajstić information content (AvgIpc) is 3.51. The minimum absolute atomic E-state index is 0.0419. The number of nitrogens with zero attached hydrogens (tertiary/aromatic N) is 3. The van der Waals surface area contributed by atoms with Gasteiger partial charge in [-0.1, -0.05) is 36.4 Å². The zero-order valence-corrected chi connectivity index (χ0v) is 19.8. The number of carbonyl (C=O) groups excluding carboxylic acids is 3. The largest absolute Gasteiger partial charge is 0.503 e. The Hall–Kier alpha value is -3.95. The maximum Gasteiger partial charge on any atom is 0.290 e. The Morgan fingerprint density at radius 2 is 1.75 bits per heavy atom. The van der Waals surface area contributed by atoms with Crippen LogP contribution in [0.15, 0.2) is 70.3 Å². The number of para-hydroxylation sites is 2. The topological polar surface area (TPSA) is 104 Å². The van der Waals surface area contributed by atoms with Gasteiger partial charge >= 0.3 is 0 Å². The number of fused-ring (bicyclic) bond motifs is 3. The molecule has 2 amide bonds. The van der Waals surface area contributed by atoms with Gasteiger partial charge in [0.15, 0.2) is 17.1 Å². The Morgan fingerprint density at radius 3 is 2.53 bits per heavy atom. The fourth-order valence-electron chi connectivity index (χ4n) is 5.56. The molecule has 1 aromatic heterocycles. The molecule has 0 radical (unpaired) electrons. The second-order valence-electron chi connectivity index (χ2n) is 9.20. The summed E-state index contributed by atoms with van der Waals surface area (Å²) in [5.41, 5.74) is -0.490. The highest BCUT2D eigenvalue weighted by Crippen LogP contribution is 2.53. The second kappa shape index (κ2) is 8.32. The van der Waals surface area contributed by atoms with E-state index in [1.165, 1.54) is 9.80 Å². The van der Waals surface area contributed by atoms with Gasteiger partial charge in [-0.2, -0.15) is 0 Å². The molecule has 3 aliphatic heterocycles. The summed E-state index contributed by atoms with van der Waals surface area (Å²) >= 11 is 0. The van der Waals surface area contributed by atoms with Crippen molar-refractivity contribution in [1.29, 1.82) is 0 Å². The number of likely N-dealkylation sites (N-methyl/N-ethyl adjacent to an activating group) is 1. The van der Waals surface area contributed by atoms with Gasteiger partial charge in [0.05, 0.1) is 18.8 Å². The maximum atomic E-state index is 14.0. The number of hydrogen-bond donors (Lipinski definition) is 1. The van der Waals surface area contributed by atoms with Crippen molar-refractivity contribution >= 4 is 34.3 Å². The third-order valence-electron chi connectivity index (χ3n) is 7.34. The van der Waals surface area contributed by atoms with Gasteiger partial charge in [0.1, 0.15) is 5.58 Å². The van der Waals surface area contributed by atoms with Gasteiger partial charge in [-0.05, 0) is 18.2 Å². The van der Waals surface area contributed by atoms with E-state index in [9.17, 15) is 19.5 Å². The summed E-state index contributed by atoms with van der Waals surface area (Å²) in [6.07, 6.45) is 0. The summed E-state index contributed by atoms with van der Waals surface area (Å²) in [4.78, 5) is 46.4. The third kappa shape index (κ3) is 3.06. The van der Waals surface area contributed by atoms with Gasteiger partial charge < -0.3 is 24.1 Å². The van der Waals surface area contributed by atoms with Crippen LogP contribution in [0, 0.1) is 0 Å². The number of anilines is 1. The first-order chi connectivity index (χ1) is 17.4. The van der Waals surface area contributed by atoms with Gasteiger partial charge in [0, 0.05) is 49.9 Å². The van der Waals surface area contributed by atoms with Crippen LogP contribution in [0.4, 0.5) is 5.69 Å². The van der Waals surface area contributed by atoms with E-state index in [2.05, 4.69) is 4.90 Å². The van der Waals surface area contributed by atoms with E-state index in [0.29, 0.717) is 55.1 Å². The lowest BCUT2D eigenvalue weighted by Gasteiger charge is -2.37. The highest BCUT2D eigenvalue weighted by Gasteiger charge is 2.65. The molecule has 3 aromatic rings. The first-order valence-corrected chi connectivity index (χ1v) is 11.9. The molecule has 3 aliphatic rings. The second-order valence-corrected chi connectivity index (χ2v) is 9.20. The van der Waals surface area contributed by atoms with Gasteiger partial charge in [-0.15, -0.1) is 0 Å². The number of aliphatic hydroxyl groups excluding tert-OH is 1. The number of amides is 2. The van der Waals surface area contributed by atoms with E-state index in [4.69, 9.17) is 9.15 Å². The number of ether oxygens (including phenoxy) is 1. The SMILES string of the molecule is CN1C(=O)[C@@]2(C(C(=O)c3cc4ccccc4o3)=C(O)C(=O)N2CCN2CCOCC2)c2ccccc21. The number of furan rings is 1. The van der Waals surface area contributed by atoms with Crippen molar-refractivity contribution in [1.82, 2.24) is 9.80 Å². The number of aliphatic hydroxyl groups is 1. The zero-order chi connectivity index (χ0) is 25.0. The predicted octanol–water partition coefficient (Wildman–Crippen LogP) is 2.47. The Labute approximate surface area is 207 Å². The van der Waals surface area contributed by atoms with Crippen LogP contribution in [0.3, 0.4) is 0 Å². The Morgan fingerprint density at radius 1 is 1.03 bits per heavy atom. The zero-order valence-electron chi connectivity index (χ0n) is 19.8. The fraction of sp³-hybridized carbons (Fsp3) is 0.296. The molecule has 1 saturated heterocycles. The molecule has 4 heterocycles. The van der Waals surface area contributed by atoms with Crippen molar-refractivity contribution in [2.24, 2.45) is 0 Å². The van der Waals surface area contributed by atoms with E-state index < -0.39 is 28.9 Å². The number of carbonyl (C=O) groups is 3. The Balaban J connectivity index is 1.49. The monoisotopic (exact) mass is 487 g/mol. The number of rotatable bonds is 5. The summed E-state index contributed by atoms with van der Waals surface area (Å²) in [6.45, 7) is 3.18. The van der Waals surface area contributed by atoms with E-state index in [-0.39, 0.29) is 17.9 Å². The molecule has 1 fully saturated rings. The number of hydrogen-bond acceptors (Lipinski definition) is 7. The predicted molar refractivity (Wildman–Crippen MR) is 131 cm³/mol. The summed E-state index contributed by atoms with van der Waals surface area (Å²) in [5.74, 6) is -2.67. The summed E-state index contributed by atoms with van der Waals surface area (Å²) in [5, 5.41) is 11.9. The lowest BCUT2D eigenvalue weighted by molar-refractivity contribution is -0.140. The maximum absolute atomic E-state index is 14.0. The summed E-state index contributed by atoms with van der Waals surface area (Å²) in [6, 6.07) is 15.8. The normalized spacial score (nSPS) is 22.4. The Kier molecular flexibility index (Phi) is 5.20. The van der Waals surface area contributed by atoms with Crippen LogP contribution < -0.4 is 4.90 Å². The minimum Gasteiger partial charge on any atom is -0.503 e. The molecule has 2 aromatic carbocycles. The quantitative estimate of drug-likeness (QED) is 0.552. The number of Topliss-reactive ketones (excluding diaryl/α,β-unsaturated/α-hetero) is 1. The molecule has 1 atom stereocenters. The van der Waals surface area contributed by atoms with Crippen LogP contribution in [-0.4, -0.2) is 78.9 Å². The molecule has 6 rings (SSSR count). The van der Waals surface area contributed by atoms with Gasteiger partial charge in [0.25, 0.3) is 11.8 Å². The van der Waals surface area contributed by atoms with Crippen LogP contribution in [0.5, 0.6) is 0 Å². The first-order valence-electron chi connectivity index (χ1n) is 11.9. The molecular weight excluding hydrogens is 462 g/mol. The lowest BCUT2D eigenvalue weighted by Crippen LogP contribution is -2.55. The minimum atomic E-state index is -1.78. The molecule has 1 N–H and O–H groups in total. The molecule has 1 spiro atoms. The van der Waals surface area contributed by atoms with Gasteiger partial charge in [-0.25, -0.2) is 0 Å². The fourth-order valence-corrected chi connectivity index (χ4v) is 5.56. The molecule has 184 valence electrons. The van der Waals surface area contributed by atoms with Crippen LogP contribution in [0.1, 0.15) is 16.1 Å². The molecule has 36 heavy (non-hydrogen) atoms. The van der Waals surface area contributed by atoms with Crippen LogP contribution in [0.2, 0.25) is 0 Å². The molecule has 0 unspecified atom stereocenters. The highest BCUT2D eigenvalue weighted by molar-refractivity contribution is 6.26. The van der Waals surface area contributed by atoms with Crippen LogP contribution in [-0.2, 0) is 19.9 Å². The van der Waals surface area contributed by atoms with Crippen molar-refractivity contribution in [3.05, 3.63) is 77.3 Å². The van der Waals surface area contributed by atoms with Crippen molar-refractivity contribution < 1.29 is 28.6 Å². The van der Waals surface area contributed by atoms with Crippen molar-refractivity contribution in [3.63, 3.8) is 0 Å². The Bertz CT molecular complexity index is 1400. The first kappa shape index (κ1) is 22.5. The summed E-state index contributed by atoms with van der Waals surface area (Å²) < 4.78 is 11.2. The highest BCUT2D eigenvalue weighted by atomic mass is 16.5. The van der Waals surface area contributed by atoms with Crippen LogP contribution >= 0.6 is 0 Å². The van der Waals surface area contributed by atoms with E-state index >= 15 is 0 Å². The van der Waals surface area contributed by atoms with E-state index in [0.717, 1.165) is 0 Å². The average molecular weight is 488 g/mol. The van der Waals surface area contributed by atoms with Gasteiger partial charge in [-0.3, -0.25) is 19.3 Å². The summed E-state index contributed by atoms with van der Waals surface area (Å²) in [7, 11) is 1.61. The molecular formula is C27H25N3O6. The molecule has 9 nitrogen and oxygen atoms in total. The molecule has 9 heteroatoms. The standard InChI is InChI=1S/C27H25N3O6/c1-28-19-8-4-3-7-18(19)27(26(28)34)22(23(31)21-16-17-6-2-5-9-20(17)36-21)24(32)25(33)30(27)11-10-29-12-14-35-15-13-29/h2-9,16,32H,10-15H2,1H3/t27-/m0/s1. The number of ketones is 1. The van der Waals surface area contributed by atoms with Crippen molar-refractivity contribution in [2.45, 2.75) is 5.54 Å². The van der Waals surface area contributed by atoms with Crippen LogP contribution in [0.25, 0.3) is 11.0 Å². The molecule has 0 saturated carbocycles. The molecule has 0 aliphatic carbocycles. The van der Waals surface area contributed by atoms with Crippen molar-refractivity contribution in [3.8, 4) is 0 Å². The smallest absolute Gasteiger partial charge is 0.290 e. The van der Waals surface area contributed by atoms with E-state index in [1.54, 1.807) is 55.6 Å². The number of benzene rings is 2.